The third-order valence-electron chi connectivity index (χ3n) is 2.67. The Hall–Kier alpha value is -0.740. The summed E-state index contributed by atoms with van der Waals surface area (Å²) < 4.78 is 19.1. The number of ketones is 1. The molecule has 0 fully saturated rings. The number of carbonyl (C=O) groups is 1. The van der Waals surface area contributed by atoms with Crippen LogP contribution in [0.4, 0.5) is 4.39 Å². The van der Waals surface area contributed by atoms with Crippen molar-refractivity contribution in [3.63, 3.8) is 0 Å². The minimum Gasteiger partial charge on any atom is -0.371 e. The summed E-state index contributed by atoms with van der Waals surface area (Å²) in [5.74, 6) is -0.339. The molecule has 1 unspecified atom stereocenters. The second-order valence-corrected chi connectivity index (χ2v) is 4.88. The van der Waals surface area contributed by atoms with E-state index in [0.717, 1.165) is 6.42 Å². The minimum absolute atomic E-state index is 0.00463. The van der Waals surface area contributed by atoms with Gasteiger partial charge in [-0.2, -0.15) is 0 Å². The van der Waals surface area contributed by atoms with Crippen molar-refractivity contribution in [2.45, 2.75) is 39.2 Å². The van der Waals surface area contributed by atoms with Gasteiger partial charge < -0.3 is 4.74 Å². The number of benzene rings is 1. The maximum atomic E-state index is 13.3. The van der Waals surface area contributed by atoms with E-state index in [2.05, 4.69) is 15.9 Å². The molecule has 0 amide bonds. The van der Waals surface area contributed by atoms with Crippen LogP contribution in [0.3, 0.4) is 0 Å². The Morgan fingerprint density at radius 3 is 2.78 bits per heavy atom. The standard InChI is InChI=1S/C14H18BrFO2/c1-3-6-13(18-4-2)12(17)9-10-7-5-8-11(16)14(10)15/h5,7-8,13H,3-4,6,9H2,1-2H3. The molecule has 1 aromatic carbocycles. The number of carbonyl (C=O) groups excluding carboxylic acids is 1. The molecule has 0 radical (unpaired) electrons. The average Bonchev–Trinajstić information content (AvgIpc) is 2.34. The molecule has 0 aliphatic heterocycles. The molecule has 0 aliphatic carbocycles. The van der Waals surface area contributed by atoms with Crippen LogP contribution in [0.2, 0.25) is 0 Å². The SMILES string of the molecule is CCCC(OCC)C(=O)Cc1cccc(F)c1Br. The molecular weight excluding hydrogens is 299 g/mol. The molecule has 0 saturated heterocycles. The Morgan fingerprint density at radius 2 is 2.17 bits per heavy atom. The highest BCUT2D eigenvalue weighted by Gasteiger charge is 2.19. The summed E-state index contributed by atoms with van der Waals surface area (Å²) in [6.45, 7) is 4.40. The normalized spacial score (nSPS) is 12.4. The van der Waals surface area contributed by atoms with Gasteiger partial charge in [0.2, 0.25) is 0 Å². The topological polar surface area (TPSA) is 26.3 Å². The monoisotopic (exact) mass is 316 g/mol. The molecule has 100 valence electrons. The molecule has 1 atom stereocenters. The van der Waals surface area contributed by atoms with Crippen LogP contribution in [-0.4, -0.2) is 18.5 Å². The second kappa shape index (κ2) is 7.64. The molecule has 0 saturated carbocycles. The summed E-state index contributed by atoms with van der Waals surface area (Å²) in [6, 6.07) is 4.72. The molecule has 0 aromatic heterocycles. The first-order valence-electron chi connectivity index (χ1n) is 6.17. The first-order valence-corrected chi connectivity index (χ1v) is 6.96. The van der Waals surface area contributed by atoms with Crippen molar-refractivity contribution >= 4 is 21.7 Å². The van der Waals surface area contributed by atoms with Crippen molar-refractivity contribution in [2.75, 3.05) is 6.61 Å². The van der Waals surface area contributed by atoms with Crippen molar-refractivity contribution in [1.82, 2.24) is 0 Å². The number of Topliss-reactive ketones (excluding diaryl/α,β-unsaturated/α-hetero) is 1. The highest BCUT2D eigenvalue weighted by molar-refractivity contribution is 9.10. The van der Waals surface area contributed by atoms with Gasteiger partial charge in [0.05, 0.1) is 4.47 Å². The molecule has 1 rings (SSSR count). The van der Waals surface area contributed by atoms with Gasteiger partial charge in [-0.1, -0.05) is 25.5 Å². The van der Waals surface area contributed by atoms with Gasteiger partial charge in [0, 0.05) is 13.0 Å². The first kappa shape index (κ1) is 15.3. The molecule has 0 N–H and O–H groups in total. The Kier molecular flexibility index (Phi) is 6.50. The summed E-state index contributed by atoms with van der Waals surface area (Å²) >= 11 is 3.17. The smallest absolute Gasteiger partial charge is 0.165 e. The van der Waals surface area contributed by atoms with E-state index in [-0.39, 0.29) is 24.1 Å². The van der Waals surface area contributed by atoms with E-state index in [1.807, 2.05) is 13.8 Å². The maximum absolute atomic E-state index is 13.3. The molecule has 0 heterocycles. The van der Waals surface area contributed by atoms with Gasteiger partial charge in [0.1, 0.15) is 11.9 Å². The Bertz CT molecular complexity index is 401. The van der Waals surface area contributed by atoms with Crippen molar-refractivity contribution in [3.05, 3.63) is 34.1 Å². The zero-order valence-corrected chi connectivity index (χ0v) is 12.3. The van der Waals surface area contributed by atoms with Crippen molar-refractivity contribution < 1.29 is 13.9 Å². The van der Waals surface area contributed by atoms with E-state index in [0.29, 0.717) is 23.1 Å². The van der Waals surface area contributed by atoms with E-state index in [1.54, 1.807) is 12.1 Å². The largest absolute Gasteiger partial charge is 0.371 e. The lowest BCUT2D eigenvalue weighted by atomic mass is 10.0. The molecule has 18 heavy (non-hydrogen) atoms. The zero-order chi connectivity index (χ0) is 13.5. The third-order valence-corrected chi connectivity index (χ3v) is 3.56. The summed E-state index contributed by atoms with van der Waals surface area (Å²) in [6.07, 6.45) is 1.42. The lowest BCUT2D eigenvalue weighted by molar-refractivity contribution is -0.130. The van der Waals surface area contributed by atoms with Crippen LogP contribution in [0, 0.1) is 5.82 Å². The Balaban J connectivity index is 2.75. The number of hydrogen-bond acceptors (Lipinski definition) is 2. The maximum Gasteiger partial charge on any atom is 0.165 e. The molecule has 0 aliphatic rings. The molecule has 1 aromatic rings. The number of hydrogen-bond donors (Lipinski definition) is 0. The van der Waals surface area contributed by atoms with E-state index in [9.17, 15) is 9.18 Å². The van der Waals surface area contributed by atoms with E-state index < -0.39 is 0 Å². The number of rotatable bonds is 7. The van der Waals surface area contributed by atoms with Gasteiger partial charge in [0.25, 0.3) is 0 Å². The third kappa shape index (κ3) is 4.18. The summed E-state index contributed by atoms with van der Waals surface area (Å²) in [4.78, 5) is 12.1. The summed E-state index contributed by atoms with van der Waals surface area (Å²) in [5.41, 5.74) is 0.667. The fourth-order valence-corrected chi connectivity index (χ4v) is 2.19. The van der Waals surface area contributed by atoms with Gasteiger partial charge >= 0.3 is 0 Å². The van der Waals surface area contributed by atoms with E-state index >= 15 is 0 Å². The van der Waals surface area contributed by atoms with Crippen LogP contribution < -0.4 is 0 Å². The quantitative estimate of drug-likeness (QED) is 0.762. The van der Waals surface area contributed by atoms with Gasteiger partial charge in [-0.25, -0.2) is 4.39 Å². The van der Waals surface area contributed by atoms with Gasteiger partial charge in [-0.05, 0) is 40.9 Å². The molecule has 4 heteroatoms. The van der Waals surface area contributed by atoms with Crippen LogP contribution in [0.15, 0.2) is 22.7 Å². The van der Waals surface area contributed by atoms with Gasteiger partial charge in [-0.3, -0.25) is 4.79 Å². The predicted octanol–water partition coefficient (Wildman–Crippen LogP) is 3.91. The average molecular weight is 317 g/mol. The highest BCUT2D eigenvalue weighted by atomic mass is 79.9. The fraction of sp³-hybridized carbons (Fsp3) is 0.500. The van der Waals surface area contributed by atoms with Gasteiger partial charge in [0.15, 0.2) is 5.78 Å². The number of halogens is 2. The van der Waals surface area contributed by atoms with Crippen molar-refractivity contribution in [1.29, 1.82) is 0 Å². The Labute approximate surface area is 116 Å². The zero-order valence-electron chi connectivity index (χ0n) is 10.7. The predicted molar refractivity (Wildman–Crippen MR) is 73.1 cm³/mol. The Morgan fingerprint density at radius 1 is 1.44 bits per heavy atom. The van der Waals surface area contributed by atoms with Crippen molar-refractivity contribution in [2.24, 2.45) is 0 Å². The van der Waals surface area contributed by atoms with Crippen LogP contribution in [0.5, 0.6) is 0 Å². The molecule has 0 bridgehead atoms. The minimum atomic E-state index is -0.379. The van der Waals surface area contributed by atoms with Crippen LogP contribution in [-0.2, 0) is 16.0 Å². The van der Waals surface area contributed by atoms with Crippen LogP contribution in [0.25, 0.3) is 0 Å². The summed E-state index contributed by atoms with van der Waals surface area (Å²) in [7, 11) is 0. The second-order valence-electron chi connectivity index (χ2n) is 4.09. The van der Waals surface area contributed by atoms with Crippen LogP contribution >= 0.6 is 15.9 Å². The highest BCUT2D eigenvalue weighted by Crippen LogP contribution is 2.22. The summed E-state index contributed by atoms with van der Waals surface area (Å²) in [5, 5.41) is 0. The van der Waals surface area contributed by atoms with E-state index in [4.69, 9.17) is 4.74 Å². The van der Waals surface area contributed by atoms with Gasteiger partial charge in [-0.15, -0.1) is 0 Å². The first-order chi connectivity index (χ1) is 8.60. The molecule has 0 spiro atoms. The lowest BCUT2D eigenvalue weighted by Gasteiger charge is -2.15. The van der Waals surface area contributed by atoms with E-state index in [1.165, 1.54) is 6.07 Å². The fourth-order valence-electron chi connectivity index (χ4n) is 1.79. The number of ether oxygens (including phenoxy) is 1. The lowest BCUT2D eigenvalue weighted by Crippen LogP contribution is -2.26. The molecule has 2 nitrogen and oxygen atoms in total. The van der Waals surface area contributed by atoms with Crippen LogP contribution in [0.1, 0.15) is 32.3 Å². The van der Waals surface area contributed by atoms with Crippen molar-refractivity contribution in [3.8, 4) is 0 Å². The molecular formula is C14H18BrFO2.